The molecule has 0 aliphatic heterocycles. The lowest BCUT2D eigenvalue weighted by Crippen LogP contribution is -2.50. The van der Waals surface area contributed by atoms with E-state index in [0.717, 1.165) is 11.1 Å². The fraction of sp³-hybridized carbons (Fsp3) is 0.462. The number of ether oxygens (including phenoxy) is 3. The minimum absolute atomic E-state index is 0.156. The van der Waals surface area contributed by atoms with Gasteiger partial charge in [-0.1, -0.05) is 45.0 Å². The average molecular weight is 457 g/mol. The Bertz CT molecular complexity index is 906. The smallest absolute Gasteiger partial charge is 0.261 e. The molecule has 0 aromatic heterocycles. The van der Waals surface area contributed by atoms with E-state index in [9.17, 15) is 9.59 Å². The molecule has 2 aromatic carbocycles. The van der Waals surface area contributed by atoms with Crippen molar-refractivity contribution in [1.29, 1.82) is 0 Å². The van der Waals surface area contributed by atoms with Crippen LogP contribution < -0.4 is 19.5 Å². The first-order chi connectivity index (χ1) is 15.8. The van der Waals surface area contributed by atoms with E-state index in [1.807, 2.05) is 52.0 Å². The van der Waals surface area contributed by atoms with Crippen LogP contribution >= 0.6 is 0 Å². The van der Waals surface area contributed by atoms with Crippen LogP contribution in [0.2, 0.25) is 0 Å². The number of carbonyl (C=O) groups excluding carboxylic acids is 2. The van der Waals surface area contributed by atoms with Crippen molar-refractivity contribution < 1.29 is 23.8 Å². The molecular formula is C26H36N2O5. The monoisotopic (exact) mass is 456 g/mol. The average Bonchev–Trinajstić information content (AvgIpc) is 2.81. The third-order valence-corrected chi connectivity index (χ3v) is 5.36. The first kappa shape index (κ1) is 26.0. The van der Waals surface area contributed by atoms with Crippen LogP contribution in [0.25, 0.3) is 0 Å². The van der Waals surface area contributed by atoms with Crippen molar-refractivity contribution >= 4 is 11.8 Å². The van der Waals surface area contributed by atoms with E-state index < -0.39 is 6.04 Å². The molecule has 0 aliphatic rings. The summed E-state index contributed by atoms with van der Waals surface area (Å²) in [6, 6.07) is 12.4. The molecule has 0 saturated heterocycles. The SMILES string of the molecule is CC[C@H](C(=O)NCC(C)C)N(Cc1ccccc1C)C(=O)COc1cc(OC)cc(OC)c1. The van der Waals surface area contributed by atoms with Crippen molar-refractivity contribution in [3.8, 4) is 17.2 Å². The summed E-state index contributed by atoms with van der Waals surface area (Å²) in [6.07, 6.45) is 0.495. The molecule has 0 heterocycles. The van der Waals surface area contributed by atoms with Crippen LogP contribution in [-0.4, -0.2) is 50.1 Å². The Hall–Kier alpha value is -3.22. The lowest BCUT2D eigenvalue weighted by Gasteiger charge is -2.31. The second kappa shape index (κ2) is 12.7. The van der Waals surface area contributed by atoms with Crippen LogP contribution in [0.4, 0.5) is 0 Å². The van der Waals surface area contributed by atoms with Gasteiger partial charge in [0, 0.05) is 31.3 Å². The molecule has 2 amide bonds. The summed E-state index contributed by atoms with van der Waals surface area (Å²) in [5, 5.41) is 2.97. The maximum absolute atomic E-state index is 13.3. The van der Waals surface area contributed by atoms with Crippen LogP contribution in [0, 0.1) is 12.8 Å². The summed E-state index contributed by atoms with van der Waals surface area (Å²) in [6.45, 7) is 8.64. The fourth-order valence-corrected chi connectivity index (χ4v) is 3.41. The maximum atomic E-state index is 13.3. The number of methoxy groups -OCH3 is 2. The minimum atomic E-state index is -0.598. The highest BCUT2D eigenvalue weighted by molar-refractivity contribution is 5.88. The Morgan fingerprint density at radius 1 is 1.00 bits per heavy atom. The van der Waals surface area contributed by atoms with Gasteiger partial charge in [-0.2, -0.15) is 0 Å². The number of nitrogens with one attached hydrogen (secondary N) is 1. The molecule has 0 unspecified atom stereocenters. The highest BCUT2D eigenvalue weighted by Gasteiger charge is 2.29. The van der Waals surface area contributed by atoms with Crippen molar-refractivity contribution in [3.63, 3.8) is 0 Å². The first-order valence-electron chi connectivity index (χ1n) is 11.3. The molecule has 0 aliphatic carbocycles. The normalized spacial score (nSPS) is 11.6. The van der Waals surface area contributed by atoms with Gasteiger partial charge in [0.15, 0.2) is 6.61 Å². The highest BCUT2D eigenvalue weighted by Crippen LogP contribution is 2.27. The summed E-state index contributed by atoms with van der Waals surface area (Å²) in [7, 11) is 3.10. The zero-order chi connectivity index (χ0) is 24.4. The van der Waals surface area contributed by atoms with E-state index in [1.165, 1.54) is 0 Å². The van der Waals surface area contributed by atoms with Gasteiger partial charge in [0.1, 0.15) is 23.3 Å². The fourth-order valence-electron chi connectivity index (χ4n) is 3.41. The Kier molecular flexibility index (Phi) is 10.0. The predicted octanol–water partition coefficient (Wildman–Crippen LogP) is 3.97. The first-order valence-corrected chi connectivity index (χ1v) is 11.3. The van der Waals surface area contributed by atoms with Crippen LogP contribution in [-0.2, 0) is 16.1 Å². The largest absolute Gasteiger partial charge is 0.496 e. The molecule has 2 rings (SSSR count). The number of hydrogen-bond donors (Lipinski definition) is 1. The standard InChI is InChI=1S/C26H36N2O5/c1-7-24(26(30)27-15-18(2)3)28(16-20-11-9-8-10-19(20)4)25(29)17-33-23-13-21(31-5)12-22(14-23)32-6/h8-14,18,24H,7,15-17H2,1-6H3,(H,27,30)/t24-/m1/s1. The van der Waals surface area contributed by atoms with Gasteiger partial charge in [-0.3, -0.25) is 9.59 Å². The van der Waals surface area contributed by atoms with Gasteiger partial charge in [-0.15, -0.1) is 0 Å². The lowest BCUT2D eigenvalue weighted by molar-refractivity contribution is -0.143. The van der Waals surface area contributed by atoms with Crippen LogP contribution in [0.3, 0.4) is 0 Å². The van der Waals surface area contributed by atoms with Gasteiger partial charge in [0.2, 0.25) is 5.91 Å². The number of rotatable bonds is 12. The van der Waals surface area contributed by atoms with Crippen LogP contribution in [0.15, 0.2) is 42.5 Å². The summed E-state index contributed by atoms with van der Waals surface area (Å²) in [5.74, 6) is 1.47. The third kappa shape index (κ3) is 7.70. The molecule has 0 radical (unpaired) electrons. The number of aryl methyl sites for hydroxylation is 1. The molecule has 0 bridgehead atoms. The molecule has 7 nitrogen and oxygen atoms in total. The number of amides is 2. The van der Waals surface area contributed by atoms with Gasteiger partial charge in [0.25, 0.3) is 5.91 Å². The number of carbonyl (C=O) groups is 2. The van der Waals surface area contributed by atoms with Crippen LogP contribution in [0.1, 0.15) is 38.3 Å². The summed E-state index contributed by atoms with van der Waals surface area (Å²) >= 11 is 0. The predicted molar refractivity (Wildman–Crippen MR) is 129 cm³/mol. The van der Waals surface area contributed by atoms with E-state index in [1.54, 1.807) is 37.3 Å². The molecule has 7 heteroatoms. The van der Waals surface area contributed by atoms with Gasteiger partial charge in [-0.05, 0) is 30.4 Å². The molecule has 2 aromatic rings. The van der Waals surface area contributed by atoms with Crippen molar-refractivity contribution in [3.05, 3.63) is 53.6 Å². The second-order valence-electron chi connectivity index (χ2n) is 8.35. The third-order valence-electron chi connectivity index (χ3n) is 5.36. The summed E-state index contributed by atoms with van der Waals surface area (Å²) in [5.41, 5.74) is 2.05. The minimum Gasteiger partial charge on any atom is -0.496 e. The molecule has 33 heavy (non-hydrogen) atoms. The van der Waals surface area contributed by atoms with E-state index in [0.29, 0.717) is 42.7 Å². The van der Waals surface area contributed by atoms with Crippen molar-refractivity contribution in [1.82, 2.24) is 10.2 Å². The van der Waals surface area contributed by atoms with Crippen molar-refractivity contribution in [2.45, 2.75) is 46.7 Å². The van der Waals surface area contributed by atoms with Crippen LogP contribution in [0.5, 0.6) is 17.2 Å². The number of benzene rings is 2. The van der Waals surface area contributed by atoms with Gasteiger partial charge >= 0.3 is 0 Å². The van der Waals surface area contributed by atoms with E-state index in [-0.39, 0.29) is 18.4 Å². The molecule has 1 N–H and O–H groups in total. The quantitative estimate of drug-likeness (QED) is 0.523. The van der Waals surface area contributed by atoms with Crippen molar-refractivity contribution in [2.75, 3.05) is 27.4 Å². The Morgan fingerprint density at radius 3 is 2.15 bits per heavy atom. The highest BCUT2D eigenvalue weighted by atomic mass is 16.5. The zero-order valence-electron chi connectivity index (χ0n) is 20.5. The summed E-state index contributed by atoms with van der Waals surface area (Å²) in [4.78, 5) is 27.9. The Balaban J connectivity index is 2.25. The second-order valence-corrected chi connectivity index (χ2v) is 8.35. The molecule has 0 fully saturated rings. The van der Waals surface area contributed by atoms with Gasteiger partial charge < -0.3 is 24.4 Å². The van der Waals surface area contributed by atoms with Crippen molar-refractivity contribution in [2.24, 2.45) is 5.92 Å². The number of nitrogens with zero attached hydrogens (tertiary/aromatic N) is 1. The Labute approximate surface area is 197 Å². The topological polar surface area (TPSA) is 77.1 Å². The Morgan fingerprint density at radius 2 is 1.61 bits per heavy atom. The lowest BCUT2D eigenvalue weighted by atomic mass is 10.1. The van der Waals surface area contributed by atoms with E-state index in [4.69, 9.17) is 14.2 Å². The van der Waals surface area contributed by atoms with Gasteiger partial charge in [-0.25, -0.2) is 0 Å². The molecule has 0 saturated carbocycles. The van der Waals surface area contributed by atoms with E-state index >= 15 is 0 Å². The molecule has 1 atom stereocenters. The summed E-state index contributed by atoms with van der Waals surface area (Å²) < 4.78 is 16.3. The molecule has 0 spiro atoms. The molecule has 180 valence electrons. The molecular weight excluding hydrogens is 420 g/mol. The van der Waals surface area contributed by atoms with Gasteiger partial charge in [0.05, 0.1) is 14.2 Å². The number of hydrogen-bond acceptors (Lipinski definition) is 5. The zero-order valence-corrected chi connectivity index (χ0v) is 20.5. The van der Waals surface area contributed by atoms with E-state index in [2.05, 4.69) is 5.32 Å². The maximum Gasteiger partial charge on any atom is 0.261 e.